The van der Waals surface area contributed by atoms with Crippen LogP contribution in [0.15, 0.2) is 23.2 Å². The third kappa shape index (κ3) is 8.80. The van der Waals surface area contributed by atoms with E-state index in [9.17, 15) is 4.79 Å². The Morgan fingerprint density at radius 3 is 2.62 bits per heavy atom. The molecular formula is C22H37IN4O2. The number of carbonyl (C=O) groups is 1. The van der Waals surface area contributed by atoms with E-state index in [-0.39, 0.29) is 36.0 Å². The molecule has 1 atom stereocenters. The smallest absolute Gasteiger partial charge is 0.224 e. The van der Waals surface area contributed by atoms with Gasteiger partial charge in [-0.2, -0.15) is 0 Å². The van der Waals surface area contributed by atoms with Crippen LogP contribution in [0.25, 0.3) is 0 Å². The Morgan fingerprint density at radius 2 is 1.97 bits per heavy atom. The van der Waals surface area contributed by atoms with Gasteiger partial charge >= 0.3 is 0 Å². The molecule has 0 bridgehead atoms. The maximum atomic E-state index is 12.2. The first kappa shape index (κ1) is 25.5. The van der Waals surface area contributed by atoms with Gasteiger partial charge in [-0.25, -0.2) is 4.99 Å². The fourth-order valence-corrected chi connectivity index (χ4v) is 3.12. The number of nitrogens with one attached hydrogen (secondary N) is 2. The van der Waals surface area contributed by atoms with Crippen molar-refractivity contribution < 1.29 is 9.53 Å². The molecule has 1 unspecified atom stereocenters. The van der Waals surface area contributed by atoms with Gasteiger partial charge in [0.1, 0.15) is 5.75 Å². The summed E-state index contributed by atoms with van der Waals surface area (Å²) < 4.78 is 6.08. The zero-order valence-electron chi connectivity index (χ0n) is 18.3. The largest absolute Gasteiger partial charge is 0.490 e. The van der Waals surface area contributed by atoms with Crippen LogP contribution in [-0.2, 0) is 11.3 Å². The zero-order chi connectivity index (χ0) is 20.4. The Labute approximate surface area is 192 Å². The summed E-state index contributed by atoms with van der Waals surface area (Å²) in [6.45, 7) is 12.0. The van der Waals surface area contributed by atoms with Gasteiger partial charge in [-0.15, -0.1) is 24.0 Å². The highest BCUT2D eigenvalue weighted by Gasteiger charge is 2.17. The number of guanidine groups is 1. The molecule has 0 saturated carbocycles. The van der Waals surface area contributed by atoms with Crippen LogP contribution in [0.5, 0.6) is 5.75 Å². The Balaban J connectivity index is 0.00000420. The number of hydrogen-bond donors (Lipinski definition) is 2. The first-order valence-corrected chi connectivity index (χ1v) is 10.6. The summed E-state index contributed by atoms with van der Waals surface area (Å²) in [5.74, 6) is 1.86. The Hall–Kier alpha value is -1.51. The predicted molar refractivity (Wildman–Crippen MR) is 130 cm³/mol. The predicted octanol–water partition coefficient (Wildman–Crippen LogP) is 3.86. The zero-order valence-corrected chi connectivity index (χ0v) is 20.6. The third-order valence-electron chi connectivity index (χ3n) is 4.97. The van der Waals surface area contributed by atoms with Gasteiger partial charge in [0.2, 0.25) is 5.91 Å². The molecule has 0 aromatic heterocycles. The van der Waals surface area contributed by atoms with Gasteiger partial charge in [-0.1, -0.05) is 19.1 Å². The molecule has 1 fully saturated rings. The second kappa shape index (κ2) is 13.7. The number of aryl methyl sites for hydroxylation is 1. The first-order valence-electron chi connectivity index (χ1n) is 10.6. The number of nitrogens with zero attached hydrogens (tertiary/aromatic N) is 2. The lowest BCUT2D eigenvalue weighted by Crippen LogP contribution is -2.39. The number of benzene rings is 1. The Morgan fingerprint density at radius 1 is 1.24 bits per heavy atom. The van der Waals surface area contributed by atoms with Gasteiger partial charge in [-0.3, -0.25) is 4.79 Å². The highest BCUT2D eigenvalue weighted by atomic mass is 127. The van der Waals surface area contributed by atoms with Crippen LogP contribution >= 0.6 is 24.0 Å². The molecule has 1 aliphatic heterocycles. The quantitative estimate of drug-likeness (QED) is 0.297. The minimum absolute atomic E-state index is 0. The molecule has 2 N–H and O–H groups in total. The van der Waals surface area contributed by atoms with E-state index in [2.05, 4.69) is 49.6 Å². The highest BCUT2D eigenvalue weighted by Crippen LogP contribution is 2.23. The molecule has 1 heterocycles. The summed E-state index contributed by atoms with van der Waals surface area (Å²) in [6, 6.07) is 6.24. The van der Waals surface area contributed by atoms with Crippen LogP contribution in [0, 0.1) is 6.92 Å². The van der Waals surface area contributed by atoms with E-state index in [1.807, 2.05) is 11.8 Å². The van der Waals surface area contributed by atoms with Crippen molar-refractivity contribution in [3.63, 3.8) is 0 Å². The van der Waals surface area contributed by atoms with Crippen molar-refractivity contribution in [3.8, 4) is 5.75 Å². The number of likely N-dealkylation sites (tertiary alicyclic amines) is 1. The highest BCUT2D eigenvalue weighted by molar-refractivity contribution is 14.0. The monoisotopic (exact) mass is 516 g/mol. The molecule has 1 amide bonds. The summed E-state index contributed by atoms with van der Waals surface area (Å²) in [6.07, 6.45) is 3.89. The van der Waals surface area contributed by atoms with Crippen molar-refractivity contribution in [1.29, 1.82) is 0 Å². The number of aliphatic imine (C=N–C) groups is 1. The van der Waals surface area contributed by atoms with Gasteiger partial charge in [0.25, 0.3) is 0 Å². The van der Waals surface area contributed by atoms with E-state index < -0.39 is 0 Å². The van der Waals surface area contributed by atoms with Crippen LogP contribution < -0.4 is 15.4 Å². The van der Waals surface area contributed by atoms with Gasteiger partial charge in [-0.05, 0) is 51.7 Å². The van der Waals surface area contributed by atoms with Crippen molar-refractivity contribution in [2.24, 2.45) is 4.99 Å². The lowest BCUT2D eigenvalue weighted by atomic mass is 10.1. The lowest BCUT2D eigenvalue weighted by Gasteiger charge is -2.17. The SMILES string of the molecule is CCNC(=NCc1ccc(C)cc1OC(C)CC)NCCC(=O)N1CCCC1.I. The number of amides is 1. The summed E-state index contributed by atoms with van der Waals surface area (Å²) in [4.78, 5) is 18.8. The molecule has 1 saturated heterocycles. The molecular weight excluding hydrogens is 479 g/mol. The van der Waals surface area contributed by atoms with Gasteiger partial charge < -0.3 is 20.3 Å². The van der Waals surface area contributed by atoms with Crippen LogP contribution in [-0.4, -0.2) is 49.0 Å². The van der Waals surface area contributed by atoms with E-state index in [4.69, 9.17) is 9.73 Å². The van der Waals surface area contributed by atoms with Crippen molar-refractivity contribution in [3.05, 3.63) is 29.3 Å². The van der Waals surface area contributed by atoms with Crippen LogP contribution in [0.3, 0.4) is 0 Å². The van der Waals surface area contributed by atoms with Crippen LogP contribution in [0.4, 0.5) is 0 Å². The molecule has 0 spiro atoms. The number of ether oxygens (including phenoxy) is 1. The average molecular weight is 516 g/mol. The maximum Gasteiger partial charge on any atom is 0.224 e. The fourth-order valence-electron chi connectivity index (χ4n) is 3.12. The van der Waals surface area contributed by atoms with E-state index in [1.165, 1.54) is 5.56 Å². The molecule has 7 heteroatoms. The molecule has 0 aliphatic carbocycles. The first-order chi connectivity index (χ1) is 13.5. The third-order valence-corrected chi connectivity index (χ3v) is 4.97. The van der Waals surface area contributed by atoms with Gasteiger partial charge in [0.15, 0.2) is 5.96 Å². The summed E-state index contributed by atoms with van der Waals surface area (Å²) in [5, 5.41) is 6.53. The summed E-state index contributed by atoms with van der Waals surface area (Å²) in [5.41, 5.74) is 2.24. The van der Waals surface area contributed by atoms with Gasteiger partial charge in [0, 0.05) is 38.2 Å². The summed E-state index contributed by atoms with van der Waals surface area (Å²) >= 11 is 0. The van der Waals surface area contributed by atoms with Crippen molar-refractivity contribution >= 4 is 35.8 Å². The van der Waals surface area contributed by atoms with E-state index in [1.54, 1.807) is 0 Å². The number of halogens is 1. The Kier molecular flexibility index (Phi) is 12.0. The van der Waals surface area contributed by atoms with Crippen molar-refractivity contribution in [1.82, 2.24) is 15.5 Å². The standard InChI is InChI=1S/C22H36N4O2.HI/c1-5-18(4)28-20-15-17(3)9-10-19(20)16-25-22(23-6-2)24-12-11-21(27)26-13-7-8-14-26;/h9-10,15,18H,5-8,11-14,16H2,1-4H3,(H2,23,24,25);1H. The fraction of sp³-hybridized carbons (Fsp3) is 0.636. The molecule has 1 aromatic carbocycles. The molecule has 0 radical (unpaired) electrons. The minimum Gasteiger partial charge on any atom is -0.490 e. The second-order valence-electron chi connectivity index (χ2n) is 7.41. The second-order valence-corrected chi connectivity index (χ2v) is 7.41. The van der Waals surface area contributed by atoms with E-state index >= 15 is 0 Å². The molecule has 1 aliphatic rings. The molecule has 1 aromatic rings. The minimum atomic E-state index is 0. The number of carbonyl (C=O) groups excluding carboxylic acids is 1. The lowest BCUT2D eigenvalue weighted by molar-refractivity contribution is -0.129. The van der Waals surface area contributed by atoms with Gasteiger partial charge in [0.05, 0.1) is 12.6 Å². The van der Waals surface area contributed by atoms with Crippen LogP contribution in [0.1, 0.15) is 57.6 Å². The molecule has 29 heavy (non-hydrogen) atoms. The Bertz CT molecular complexity index is 660. The molecule has 164 valence electrons. The average Bonchev–Trinajstić information content (AvgIpc) is 3.22. The van der Waals surface area contributed by atoms with Crippen LogP contribution in [0.2, 0.25) is 0 Å². The number of hydrogen-bond acceptors (Lipinski definition) is 3. The topological polar surface area (TPSA) is 66.0 Å². The normalized spacial score (nSPS) is 14.9. The van der Waals surface area contributed by atoms with E-state index in [0.717, 1.165) is 56.2 Å². The van der Waals surface area contributed by atoms with Crippen molar-refractivity contribution in [2.45, 2.75) is 66.0 Å². The molecule has 6 nitrogen and oxygen atoms in total. The number of rotatable bonds is 9. The summed E-state index contributed by atoms with van der Waals surface area (Å²) in [7, 11) is 0. The van der Waals surface area contributed by atoms with Crippen molar-refractivity contribution in [2.75, 3.05) is 26.2 Å². The maximum absolute atomic E-state index is 12.2. The van der Waals surface area contributed by atoms with E-state index in [0.29, 0.717) is 19.5 Å². The molecule has 2 rings (SSSR count).